The van der Waals surface area contributed by atoms with Crippen molar-refractivity contribution in [1.29, 1.82) is 0 Å². The van der Waals surface area contributed by atoms with Gasteiger partial charge in [-0.3, -0.25) is 9.88 Å². The molecule has 0 bridgehead atoms. The number of aromatic nitrogens is 3. The highest BCUT2D eigenvalue weighted by Crippen LogP contribution is 2.22. The van der Waals surface area contributed by atoms with Crippen LogP contribution in [0.3, 0.4) is 0 Å². The van der Waals surface area contributed by atoms with Gasteiger partial charge in [-0.2, -0.15) is 0 Å². The van der Waals surface area contributed by atoms with Gasteiger partial charge in [-0.25, -0.2) is 18.1 Å². The molecule has 1 fully saturated rings. The van der Waals surface area contributed by atoms with E-state index in [1.165, 1.54) is 0 Å². The second-order valence-corrected chi connectivity index (χ2v) is 9.14. The summed E-state index contributed by atoms with van der Waals surface area (Å²) in [7, 11) is -3.61. The number of H-pyrrole nitrogens is 1. The fourth-order valence-corrected chi connectivity index (χ4v) is 5.11. The SMILES string of the molecule is Cc1[nH]cnc1CN1CCC[C@H](CNS(=O)(=O)c2cccc3cccnc23)C1. The van der Waals surface area contributed by atoms with Gasteiger partial charge in [0.05, 0.1) is 17.5 Å². The molecule has 148 valence electrons. The molecule has 0 unspecified atom stereocenters. The number of fused-ring (bicyclic) bond motifs is 1. The van der Waals surface area contributed by atoms with E-state index in [1.54, 1.807) is 24.7 Å². The number of likely N-dealkylation sites (tertiary alicyclic amines) is 1. The highest BCUT2D eigenvalue weighted by Gasteiger charge is 2.24. The Bertz CT molecular complexity index is 1060. The summed E-state index contributed by atoms with van der Waals surface area (Å²) in [6.45, 7) is 5.13. The summed E-state index contributed by atoms with van der Waals surface area (Å²) in [5.74, 6) is 0.283. The molecule has 7 nitrogen and oxygen atoms in total. The first-order valence-electron chi connectivity index (χ1n) is 9.57. The Morgan fingerprint density at radius 1 is 1.25 bits per heavy atom. The number of benzene rings is 1. The van der Waals surface area contributed by atoms with Crippen molar-refractivity contribution in [2.75, 3.05) is 19.6 Å². The number of aryl methyl sites for hydroxylation is 1. The van der Waals surface area contributed by atoms with E-state index >= 15 is 0 Å². The lowest BCUT2D eigenvalue weighted by molar-refractivity contribution is 0.167. The zero-order valence-electron chi connectivity index (χ0n) is 15.9. The number of sulfonamides is 1. The van der Waals surface area contributed by atoms with Gasteiger partial charge in [0.15, 0.2) is 0 Å². The van der Waals surface area contributed by atoms with Gasteiger partial charge in [0.2, 0.25) is 10.0 Å². The summed E-state index contributed by atoms with van der Waals surface area (Å²) in [6, 6.07) is 8.93. The van der Waals surface area contributed by atoms with E-state index in [2.05, 4.69) is 24.6 Å². The van der Waals surface area contributed by atoms with Crippen LogP contribution in [0.5, 0.6) is 0 Å². The molecule has 1 saturated heterocycles. The van der Waals surface area contributed by atoms with Crippen LogP contribution in [0.25, 0.3) is 10.9 Å². The van der Waals surface area contributed by atoms with Crippen LogP contribution in [0.4, 0.5) is 0 Å². The van der Waals surface area contributed by atoms with Crippen molar-refractivity contribution in [3.63, 3.8) is 0 Å². The topological polar surface area (TPSA) is 91.0 Å². The number of piperidine rings is 1. The molecule has 2 N–H and O–H groups in total. The van der Waals surface area contributed by atoms with Crippen molar-refractivity contribution in [2.45, 2.75) is 31.2 Å². The molecule has 8 heteroatoms. The summed E-state index contributed by atoms with van der Waals surface area (Å²) >= 11 is 0. The molecule has 3 aromatic rings. The lowest BCUT2D eigenvalue weighted by atomic mass is 9.98. The second kappa shape index (κ2) is 7.98. The van der Waals surface area contributed by atoms with Gasteiger partial charge in [0, 0.05) is 36.9 Å². The number of hydrogen-bond donors (Lipinski definition) is 2. The quantitative estimate of drug-likeness (QED) is 0.664. The molecule has 28 heavy (non-hydrogen) atoms. The van der Waals surface area contributed by atoms with Crippen molar-refractivity contribution in [3.05, 3.63) is 54.2 Å². The number of nitrogens with zero attached hydrogens (tertiary/aromatic N) is 3. The normalized spacial score (nSPS) is 18.5. The van der Waals surface area contributed by atoms with Crippen LogP contribution in [0.2, 0.25) is 0 Å². The molecule has 0 saturated carbocycles. The maximum absolute atomic E-state index is 12.9. The predicted octanol–water partition coefficient (Wildman–Crippen LogP) is 2.46. The van der Waals surface area contributed by atoms with Gasteiger partial charge >= 0.3 is 0 Å². The number of imidazole rings is 1. The molecule has 4 rings (SSSR count). The van der Waals surface area contributed by atoms with Crippen molar-refractivity contribution >= 4 is 20.9 Å². The first-order chi connectivity index (χ1) is 13.5. The fraction of sp³-hybridized carbons (Fsp3) is 0.400. The van der Waals surface area contributed by atoms with Crippen LogP contribution in [0.1, 0.15) is 24.2 Å². The summed E-state index contributed by atoms with van der Waals surface area (Å²) in [4.78, 5) is 14.3. The number of aromatic amines is 1. The maximum Gasteiger partial charge on any atom is 0.242 e. The van der Waals surface area contributed by atoms with Crippen molar-refractivity contribution in [3.8, 4) is 0 Å². The third-order valence-electron chi connectivity index (χ3n) is 5.36. The van der Waals surface area contributed by atoms with E-state index in [0.717, 1.165) is 49.2 Å². The number of pyridine rings is 1. The number of hydrogen-bond acceptors (Lipinski definition) is 5. The minimum atomic E-state index is -3.61. The Hall–Kier alpha value is -2.29. The lowest BCUT2D eigenvalue weighted by Gasteiger charge is -2.32. The summed E-state index contributed by atoms with van der Waals surface area (Å²) in [6.07, 6.45) is 5.42. The van der Waals surface area contributed by atoms with Crippen molar-refractivity contribution < 1.29 is 8.42 Å². The highest BCUT2D eigenvalue weighted by molar-refractivity contribution is 7.89. The molecular formula is C20H25N5O2S. The van der Waals surface area contributed by atoms with E-state index in [1.807, 2.05) is 25.1 Å². The van der Waals surface area contributed by atoms with Gasteiger partial charge in [-0.15, -0.1) is 0 Å². The zero-order valence-corrected chi connectivity index (χ0v) is 16.7. The average molecular weight is 400 g/mol. The predicted molar refractivity (Wildman–Crippen MR) is 108 cm³/mol. The fourth-order valence-electron chi connectivity index (χ4n) is 3.82. The van der Waals surface area contributed by atoms with Crippen LogP contribution in [0, 0.1) is 12.8 Å². The van der Waals surface area contributed by atoms with Crippen molar-refractivity contribution in [1.82, 2.24) is 24.6 Å². The van der Waals surface area contributed by atoms with Crippen LogP contribution in [-0.4, -0.2) is 47.9 Å². The molecule has 1 aliphatic rings. The molecule has 1 atom stereocenters. The van der Waals surface area contributed by atoms with E-state index in [4.69, 9.17) is 0 Å². The Labute approximate surface area is 165 Å². The summed E-state index contributed by atoms with van der Waals surface area (Å²) in [5.41, 5.74) is 2.66. The van der Waals surface area contributed by atoms with E-state index in [-0.39, 0.29) is 10.8 Å². The molecule has 0 amide bonds. The Morgan fingerprint density at radius 3 is 2.93 bits per heavy atom. The van der Waals surface area contributed by atoms with Crippen LogP contribution < -0.4 is 4.72 Å². The standard InChI is InChI=1S/C20H25N5O2S/c1-15-18(23-14-22-15)13-25-10-4-5-16(12-25)11-24-28(26,27)19-8-2-6-17-7-3-9-21-20(17)19/h2-3,6-9,14,16,24H,4-5,10-13H2,1H3,(H,22,23)/t16-/m1/s1. The molecule has 1 aliphatic heterocycles. The third kappa shape index (κ3) is 4.09. The lowest BCUT2D eigenvalue weighted by Crippen LogP contribution is -2.40. The van der Waals surface area contributed by atoms with Crippen LogP contribution >= 0.6 is 0 Å². The Balaban J connectivity index is 1.42. The van der Waals surface area contributed by atoms with Gasteiger partial charge < -0.3 is 4.98 Å². The van der Waals surface area contributed by atoms with E-state index in [9.17, 15) is 8.42 Å². The minimum absolute atomic E-state index is 0.241. The molecule has 2 aromatic heterocycles. The maximum atomic E-state index is 12.9. The zero-order chi connectivity index (χ0) is 19.6. The van der Waals surface area contributed by atoms with E-state index < -0.39 is 10.0 Å². The number of nitrogens with one attached hydrogen (secondary N) is 2. The molecule has 1 aromatic carbocycles. The molecule has 3 heterocycles. The first-order valence-corrected chi connectivity index (χ1v) is 11.1. The molecule has 0 aliphatic carbocycles. The molecular weight excluding hydrogens is 374 g/mol. The van der Waals surface area contributed by atoms with Crippen LogP contribution in [-0.2, 0) is 16.6 Å². The first kappa shape index (κ1) is 19.0. The average Bonchev–Trinajstić information content (AvgIpc) is 3.11. The largest absolute Gasteiger partial charge is 0.348 e. The molecule has 0 radical (unpaired) electrons. The van der Waals surface area contributed by atoms with Gasteiger partial charge in [-0.05, 0) is 44.4 Å². The summed E-state index contributed by atoms with van der Waals surface area (Å²) < 4.78 is 28.6. The van der Waals surface area contributed by atoms with E-state index in [0.29, 0.717) is 12.1 Å². The Morgan fingerprint density at radius 2 is 2.11 bits per heavy atom. The van der Waals surface area contributed by atoms with Gasteiger partial charge in [0.1, 0.15) is 4.90 Å². The number of rotatable bonds is 6. The summed E-state index contributed by atoms with van der Waals surface area (Å²) in [5, 5.41) is 0.823. The Kier molecular flexibility index (Phi) is 5.43. The molecule has 0 spiro atoms. The monoisotopic (exact) mass is 399 g/mol. The van der Waals surface area contributed by atoms with Gasteiger partial charge in [-0.1, -0.05) is 18.2 Å². The third-order valence-corrected chi connectivity index (χ3v) is 6.81. The smallest absolute Gasteiger partial charge is 0.242 e. The highest BCUT2D eigenvalue weighted by atomic mass is 32.2. The van der Waals surface area contributed by atoms with Gasteiger partial charge in [0.25, 0.3) is 0 Å². The second-order valence-electron chi connectivity index (χ2n) is 7.40. The minimum Gasteiger partial charge on any atom is -0.348 e. The van der Waals surface area contributed by atoms with Crippen molar-refractivity contribution in [2.24, 2.45) is 5.92 Å². The van der Waals surface area contributed by atoms with Crippen LogP contribution in [0.15, 0.2) is 47.8 Å². The number of para-hydroxylation sites is 1.